The Morgan fingerprint density at radius 2 is 2.18 bits per heavy atom. The average Bonchev–Trinajstić information content (AvgIpc) is 3.01. The summed E-state index contributed by atoms with van der Waals surface area (Å²) in [6.45, 7) is 5.23. The van der Waals surface area contributed by atoms with E-state index in [2.05, 4.69) is 11.4 Å². The maximum atomic E-state index is 11.5. The van der Waals surface area contributed by atoms with Gasteiger partial charge in [0.05, 0.1) is 18.0 Å². The van der Waals surface area contributed by atoms with Crippen LogP contribution in [0.4, 0.5) is 0 Å². The summed E-state index contributed by atoms with van der Waals surface area (Å²) in [7, 11) is 1.95. The van der Waals surface area contributed by atoms with Crippen molar-refractivity contribution in [1.29, 1.82) is 5.26 Å². The van der Waals surface area contributed by atoms with Gasteiger partial charge in [-0.25, -0.2) is 0 Å². The molecule has 1 saturated carbocycles. The lowest BCUT2D eigenvalue weighted by Gasteiger charge is -2.19. The third kappa shape index (κ3) is 6.28. The van der Waals surface area contributed by atoms with Gasteiger partial charge in [0, 0.05) is 6.04 Å². The Morgan fingerprint density at radius 3 is 2.71 bits per heavy atom. The van der Waals surface area contributed by atoms with Gasteiger partial charge in [0.25, 0.3) is 0 Å². The van der Waals surface area contributed by atoms with Crippen LogP contribution in [0, 0.1) is 16.7 Å². The number of carbonyl (C=O) groups is 1. The van der Waals surface area contributed by atoms with Crippen LogP contribution < -0.4 is 5.32 Å². The minimum atomic E-state index is -0.253. The molecule has 0 unspecified atom stereocenters. The summed E-state index contributed by atoms with van der Waals surface area (Å²) in [5, 5.41) is 11.9. The fourth-order valence-electron chi connectivity index (χ4n) is 1.67. The molecule has 0 saturated heterocycles. The number of carbonyl (C=O) groups excluding carboxylic acids is 1. The van der Waals surface area contributed by atoms with E-state index in [1.165, 1.54) is 0 Å². The van der Waals surface area contributed by atoms with E-state index >= 15 is 0 Å². The molecule has 1 fully saturated rings. The maximum absolute atomic E-state index is 11.5. The van der Waals surface area contributed by atoms with Crippen LogP contribution in [0.15, 0.2) is 0 Å². The molecule has 0 spiro atoms. The molecule has 96 valence electrons. The zero-order valence-electron chi connectivity index (χ0n) is 11.1. The van der Waals surface area contributed by atoms with Gasteiger partial charge in [-0.3, -0.25) is 9.69 Å². The lowest BCUT2D eigenvalue weighted by molar-refractivity contribution is -0.122. The van der Waals surface area contributed by atoms with E-state index in [4.69, 9.17) is 5.26 Å². The predicted octanol–water partition coefficient (Wildman–Crippen LogP) is 1.53. The van der Waals surface area contributed by atoms with E-state index in [1.807, 2.05) is 25.8 Å². The second-order valence-electron chi connectivity index (χ2n) is 5.68. The molecule has 17 heavy (non-hydrogen) atoms. The fraction of sp³-hybridized carbons (Fsp3) is 0.846. The molecule has 1 aliphatic carbocycles. The zero-order valence-corrected chi connectivity index (χ0v) is 11.1. The number of hydrogen-bond acceptors (Lipinski definition) is 3. The largest absolute Gasteiger partial charge is 0.352 e. The van der Waals surface area contributed by atoms with Gasteiger partial charge in [-0.15, -0.1) is 0 Å². The molecule has 1 amide bonds. The molecule has 0 aromatic heterocycles. The topological polar surface area (TPSA) is 56.1 Å². The van der Waals surface area contributed by atoms with Gasteiger partial charge in [-0.05, 0) is 53.1 Å². The lowest BCUT2D eigenvalue weighted by atomic mass is 9.90. The highest BCUT2D eigenvalue weighted by Crippen LogP contribution is 2.20. The van der Waals surface area contributed by atoms with Crippen molar-refractivity contribution in [3.63, 3.8) is 0 Å². The number of rotatable bonds is 7. The van der Waals surface area contributed by atoms with Gasteiger partial charge >= 0.3 is 0 Å². The van der Waals surface area contributed by atoms with E-state index in [1.54, 1.807) is 0 Å². The van der Waals surface area contributed by atoms with E-state index in [9.17, 15) is 4.79 Å². The van der Waals surface area contributed by atoms with Crippen LogP contribution in [0.1, 0.15) is 39.5 Å². The summed E-state index contributed by atoms with van der Waals surface area (Å²) >= 11 is 0. The van der Waals surface area contributed by atoms with Gasteiger partial charge < -0.3 is 5.32 Å². The monoisotopic (exact) mass is 237 g/mol. The Morgan fingerprint density at radius 1 is 1.53 bits per heavy atom. The minimum absolute atomic E-state index is 0.120. The molecule has 1 rings (SSSR count). The molecule has 0 aromatic carbocycles. The molecule has 0 radical (unpaired) electrons. The van der Waals surface area contributed by atoms with Crippen molar-refractivity contribution in [3.8, 4) is 6.07 Å². The molecular formula is C13H23N3O. The third-order valence-electron chi connectivity index (χ3n) is 3.00. The van der Waals surface area contributed by atoms with E-state index in [-0.39, 0.29) is 11.3 Å². The van der Waals surface area contributed by atoms with Crippen molar-refractivity contribution in [1.82, 2.24) is 10.2 Å². The molecular weight excluding hydrogens is 214 g/mol. The zero-order chi connectivity index (χ0) is 12.9. The smallest absolute Gasteiger partial charge is 0.234 e. The highest BCUT2D eigenvalue weighted by molar-refractivity contribution is 5.78. The van der Waals surface area contributed by atoms with Gasteiger partial charge in [0.2, 0.25) is 5.91 Å². The Hall–Kier alpha value is -1.08. The number of nitriles is 1. The summed E-state index contributed by atoms with van der Waals surface area (Å²) in [6, 6.07) is 2.73. The van der Waals surface area contributed by atoms with Crippen molar-refractivity contribution >= 4 is 5.91 Å². The first-order chi connectivity index (χ1) is 7.93. The molecule has 0 heterocycles. The van der Waals surface area contributed by atoms with Crippen LogP contribution in [-0.2, 0) is 4.79 Å². The summed E-state index contributed by atoms with van der Waals surface area (Å²) in [5.74, 6) is 0.120. The molecule has 0 bridgehead atoms. The van der Waals surface area contributed by atoms with Crippen LogP contribution >= 0.6 is 0 Å². The minimum Gasteiger partial charge on any atom is -0.352 e. The van der Waals surface area contributed by atoms with Crippen molar-refractivity contribution in [2.24, 2.45) is 5.41 Å². The van der Waals surface area contributed by atoms with Crippen LogP contribution in [0.25, 0.3) is 0 Å². The number of hydrogen-bond donors (Lipinski definition) is 1. The van der Waals surface area contributed by atoms with Crippen molar-refractivity contribution in [3.05, 3.63) is 0 Å². The number of likely N-dealkylation sites (N-methyl/N-ethyl adjacent to an activating group) is 1. The summed E-state index contributed by atoms with van der Waals surface area (Å²) in [4.78, 5) is 13.5. The Bertz CT molecular complexity index is 302. The molecule has 0 aromatic rings. The lowest BCUT2D eigenvalue weighted by Crippen LogP contribution is -2.36. The first-order valence-electron chi connectivity index (χ1n) is 6.32. The fourth-order valence-corrected chi connectivity index (χ4v) is 1.67. The molecule has 0 aliphatic heterocycles. The normalized spacial score (nSPS) is 15.7. The Kier molecular flexibility index (Phi) is 4.95. The van der Waals surface area contributed by atoms with Gasteiger partial charge in [-0.1, -0.05) is 0 Å². The van der Waals surface area contributed by atoms with Crippen molar-refractivity contribution < 1.29 is 4.79 Å². The summed E-state index contributed by atoms with van der Waals surface area (Å²) in [6.07, 6.45) is 4.09. The maximum Gasteiger partial charge on any atom is 0.234 e. The first kappa shape index (κ1) is 14.0. The van der Waals surface area contributed by atoms with Crippen LogP contribution in [-0.4, -0.2) is 37.0 Å². The number of amides is 1. The molecule has 1 N–H and O–H groups in total. The van der Waals surface area contributed by atoms with Crippen LogP contribution in [0.3, 0.4) is 0 Å². The van der Waals surface area contributed by atoms with Gasteiger partial charge in [0.15, 0.2) is 0 Å². The van der Waals surface area contributed by atoms with E-state index in [0.29, 0.717) is 12.6 Å². The first-order valence-corrected chi connectivity index (χ1v) is 6.32. The second kappa shape index (κ2) is 6.02. The average molecular weight is 237 g/mol. The van der Waals surface area contributed by atoms with Gasteiger partial charge in [0.1, 0.15) is 0 Å². The van der Waals surface area contributed by atoms with E-state index < -0.39 is 0 Å². The van der Waals surface area contributed by atoms with Crippen molar-refractivity contribution in [2.75, 3.05) is 20.1 Å². The van der Waals surface area contributed by atoms with Crippen LogP contribution in [0.5, 0.6) is 0 Å². The summed E-state index contributed by atoms with van der Waals surface area (Å²) in [5.41, 5.74) is -0.253. The Labute approximate surface area is 104 Å². The van der Waals surface area contributed by atoms with Gasteiger partial charge in [-0.2, -0.15) is 5.26 Å². The summed E-state index contributed by atoms with van der Waals surface area (Å²) < 4.78 is 0. The molecule has 1 aliphatic rings. The second-order valence-corrected chi connectivity index (χ2v) is 5.68. The number of nitrogens with one attached hydrogen (secondary N) is 1. The predicted molar refractivity (Wildman–Crippen MR) is 67.3 cm³/mol. The third-order valence-corrected chi connectivity index (χ3v) is 3.00. The SMILES string of the molecule is CN(CCCC(C)(C)C#N)CC(=O)NC1CC1. The molecule has 4 heteroatoms. The standard InChI is InChI=1S/C13H23N3O/c1-13(2,10-14)7-4-8-16(3)9-12(17)15-11-5-6-11/h11H,4-9H2,1-3H3,(H,15,17). The van der Waals surface area contributed by atoms with Crippen LogP contribution in [0.2, 0.25) is 0 Å². The highest BCUT2D eigenvalue weighted by atomic mass is 16.2. The molecule has 0 atom stereocenters. The Balaban J connectivity index is 2.10. The molecule has 4 nitrogen and oxygen atoms in total. The number of nitrogens with zero attached hydrogens (tertiary/aromatic N) is 2. The quantitative estimate of drug-likeness (QED) is 0.730. The van der Waals surface area contributed by atoms with E-state index in [0.717, 1.165) is 32.2 Å². The highest BCUT2D eigenvalue weighted by Gasteiger charge is 2.23. The van der Waals surface area contributed by atoms with Crippen molar-refractivity contribution in [2.45, 2.75) is 45.6 Å².